The number of hydrogen-bond acceptors (Lipinski definition) is 5. The first kappa shape index (κ1) is 11.8. The van der Waals surface area contributed by atoms with Crippen LogP contribution in [0.2, 0.25) is 0 Å². The molecule has 2 atom stereocenters. The van der Waals surface area contributed by atoms with Crippen LogP contribution >= 0.6 is 0 Å². The molecule has 1 aromatic rings. The molecular formula is C12H16N4O. The Bertz CT molecular complexity index is 398. The number of aliphatic hydroxyl groups excluding tert-OH is 1. The number of nitriles is 1. The Morgan fingerprint density at radius 3 is 2.71 bits per heavy atom. The van der Waals surface area contributed by atoms with Crippen molar-refractivity contribution in [2.24, 2.45) is 0 Å². The summed E-state index contributed by atoms with van der Waals surface area (Å²) in [6.07, 6.45) is 7.62. The van der Waals surface area contributed by atoms with Crippen LogP contribution in [-0.4, -0.2) is 27.2 Å². The highest BCUT2D eigenvalue weighted by Crippen LogP contribution is 2.20. The second-order valence-electron chi connectivity index (χ2n) is 4.42. The number of aromatic nitrogens is 2. The van der Waals surface area contributed by atoms with E-state index in [-0.39, 0.29) is 12.1 Å². The summed E-state index contributed by atoms with van der Waals surface area (Å²) in [7, 11) is 0. The van der Waals surface area contributed by atoms with Gasteiger partial charge in [-0.3, -0.25) is 0 Å². The summed E-state index contributed by atoms with van der Waals surface area (Å²) in [6, 6.07) is 2.20. The summed E-state index contributed by atoms with van der Waals surface area (Å²) < 4.78 is 0. The Hall–Kier alpha value is -1.67. The van der Waals surface area contributed by atoms with Crippen molar-refractivity contribution in [2.75, 3.05) is 5.32 Å². The Labute approximate surface area is 101 Å². The summed E-state index contributed by atoms with van der Waals surface area (Å²) in [4.78, 5) is 8.15. The first-order valence-corrected chi connectivity index (χ1v) is 5.94. The van der Waals surface area contributed by atoms with Gasteiger partial charge in [-0.25, -0.2) is 9.97 Å². The molecule has 0 aliphatic heterocycles. The predicted octanol–water partition coefficient (Wildman–Crippen LogP) is 1.45. The third-order valence-corrected chi connectivity index (χ3v) is 3.01. The molecule has 2 rings (SSSR count). The minimum atomic E-state index is -0.228. The van der Waals surface area contributed by atoms with Gasteiger partial charge in [0.15, 0.2) is 0 Å². The lowest BCUT2D eigenvalue weighted by Crippen LogP contribution is -2.24. The van der Waals surface area contributed by atoms with E-state index in [0.717, 1.165) is 32.1 Å². The maximum atomic E-state index is 9.70. The number of nitrogens with zero attached hydrogens (tertiary/aromatic N) is 3. The number of anilines is 1. The van der Waals surface area contributed by atoms with Crippen LogP contribution in [-0.2, 0) is 0 Å². The fourth-order valence-electron chi connectivity index (χ4n) is 2.11. The van der Waals surface area contributed by atoms with E-state index in [4.69, 9.17) is 5.26 Å². The van der Waals surface area contributed by atoms with E-state index in [1.54, 1.807) is 0 Å². The van der Waals surface area contributed by atoms with E-state index in [9.17, 15) is 5.11 Å². The van der Waals surface area contributed by atoms with E-state index in [1.807, 2.05) is 6.07 Å². The van der Waals surface area contributed by atoms with Gasteiger partial charge >= 0.3 is 0 Å². The van der Waals surface area contributed by atoms with Gasteiger partial charge < -0.3 is 10.4 Å². The Kier molecular flexibility index (Phi) is 3.89. The van der Waals surface area contributed by atoms with Gasteiger partial charge in [0.25, 0.3) is 0 Å². The second kappa shape index (κ2) is 5.60. The fraction of sp³-hybridized carbons (Fsp3) is 0.583. The van der Waals surface area contributed by atoms with E-state index >= 15 is 0 Å². The van der Waals surface area contributed by atoms with E-state index < -0.39 is 0 Å². The zero-order valence-corrected chi connectivity index (χ0v) is 9.63. The highest BCUT2D eigenvalue weighted by Gasteiger charge is 2.18. The summed E-state index contributed by atoms with van der Waals surface area (Å²) in [6.45, 7) is 0. The van der Waals surface area contributed by atoms with Crippen LogP contribution in [0.4, 0.5) is 5.95 Å². The quantitative estimate of drug-likeness (QED) is 0.754. The maximum absolute atomic E-state index is 9.70. The molecule has 0 bridgehead atoms. The first-order chi connectivity index (χ1) is 8.28. The van der Waals surface area contributed by atoms with Crippen molar-refractivity contribution in [2.45, 2.75) is 44.2 Å². The molecule has 1 saturated carbocycles. The predicted molar refractivity (Wildman–Crippen MR) is 63.2 cm³/mol. The van der Waals surface area contributed by atoms with Gasteiger partial charge in [-0.1, -0.05) is 12.8 Å². The monoisotopic (exact) mass is 232 g/mol. The second-order valence-corrected chi connectivity index (χ2v) is 4.42. The zero-order chi connectivity index (χ0) is 12.1. The molecule has 90 valence electrons. The lowest BCUT2D eigenvalue weighted by atomic mass is 10.1. The molecule has 0 spiro atoms. The fourth-order valence-corrected chi connectivity index (χ4v) is 2.11. The number of hydrogen-bond donors (Lipinski definition) is 2. The Balaban J connectivity index is 1.97. The average Bonchev–Trinajstić information content (AvgIpc) is 2.55. The SMILES string of the molecule is N#Cc1cnc(N[C@@H]2CCCC[C@H](O)C2)nc1. The molecule has 0 amide bonds. The van der Waals surface area contributed by atoms with Crippen LogP contribution in [0.5, 0.6) is 0 Å². The van der Waals surface area contributed by atoms with E-state index in [1.165, 1.54) is 12.4 Å². The molecule has 0 saturated heterocycles. The summed E-state index contributed by atoms with van der Waals surface area (Å²) in [5, 5.41) is 21.5. The molecular weight excluding hydrogens is 216 g/mol. The summed E-state index contributed by atoms with van der Waals surface area (Å²) in [5.74, 6) is 0.531. The van der Waals surface area contributed by atoms with Gasteiger partial charge in [0, 0.05) is 6.04 Å². The smallest absolute Gasteiger partial charge is 0.222 e. The standard InChI is InChI=1S/C12H16N4O/c13-6-9-7-14-12(15-8-9)16-10-3-1-2-4-11(17)5-10/h7-8,10-11,17H,1-5H2,(H,14,15,16)/t10-,11+/m1/s1. The molecule has 17 heavy (non-hydrogen) atoms. The van der Waals surface area contributed by atoms with Crippen LogP contribution in [0.3, 0.4) is 0 Å². The molecule has 0 unspecified atom stereocenters. The largest absolute Gasteiger partial charge is 0.393 e. The molecule has 5 nitrogen and oxygen atoms in total. The number of rotatable bonds is 2. The molecule has 0 radical (unpaired) electrons. The molecule has 1 fully saturated rings. The van der Waals surface area contributed by atoms with Crippen LogP contribution < -0.4 is 5.32 Å². The maximum Gasteiger partial charge on any atom is 0.222 e. The van der Waals surface area contributed by atoms with Gasteiger partial charge in [-0.2, -0.15) is 5.26 Å². The van der Waals surface area contributed by atoms with Crippen LogP contribution in [0.15, 0.2) is 12.4 Å². The number of aliphatic hydroxyl groups is 1. The molecule has 1 aliphatic rings. The van der Waals surface area contributed by atoms with Gasteiger partial charge in [0.2, 0.25) is 5.95 Å². The van der Waals surface area contributed by atoms with Crippen LogP contribution in [0, 0.1) is 11.3 Å². The van der Waals surface area contributed by atoms with Crippen molar-refractivity contribution < 1.29 is 5.11 Å². The van der Waals surface area contributed by atoms with E-state index in [2.05, 4.69) is 15.3 Å². The van der Waals surface area contributed by atoms with Crippen molar-refractivity contribution in [1.82, 2.24) is 9.97 Å². The first-order valence-electron chi connectivity index (χ1n) is 5.94. The lowest BCUT2D eigenvalue weighted by molar-refractivity contribution is 0.154. The van der Waals surface area contributed by atoms with E-state index in [0.29, 0.717) is 11.5 Å². The third-order valence-electron chi connectivity index (χ3n) is 3.01. The third kappa shape index (κ3) is 3.40. The molecule has 1 heterocycles. The molecule has 1 aromatic heterocycles. The highest BCUT2D eigenvalue weighted by atomic mass is 16.3. The van der Waals surface area contributed by atoms with Crippen LogP contribution in [0.25, 0.3) is 0 Å². The van der Waals surface area contributed by atoms with Crippen molar-refractivity contribution >= 4 is 5.95 Å². The molecule has 0 aromatic carbocycles. The Morgan fingerprint density at radius 2 is 2.00 bits per heavy atom. The lowest BCUT2D eigenvalue weighted by Gasteiger charge is -2.17. The van der Waals surface area contributed by atoms with Crippen molar-refractivity contribution in [3.05, 3.63) is 18.0 Å². The van der Waals surface area contributed by atoms with Crippen molar-refractivity contribution in [1.29, 1.82) is 5.26 Å². The summed E-state index contributed by atoms with van der Waals surface area (Å²) in [5.41, 5.74) is 0.455. The topological polar surface area (TPSA) is 81.8 Å². The minimum absolute atomic E-state index is 0.223. The van der Waals surface area contributed by atoms with Gasteiger partial charge in [0.1, 0.15) is 6.07 Å². The van der Waals surface area contributed by atoms with Gasteiger partial charge in [-0.15, -0.1) is 0 Å². The summed E-state index contributed by atoms with van der Waals surface area (Å²) >= 11 is 0. The molecule has 1 aliphatic carbocycles. The normalized spacial score (nSPS) is 24.7. The number of nitrogens with one attached hydrogen (secondary N) is 1. The van der Waals surface area contributed by atoms with Gasteiger partial charge in [0.05, 0.1) is 24.1 Å². The van der Waals surface area contributed by atoms with Crippen LogP contribution in [0.1, 0.15) is 37.7 Å². The Morgan fingerprint density at radius 1 is 1.29 bits per heavy atom. The zero-order valence-electron chi connectivity index (χ0n) is 9.63. The average molecular weight is 232 g/mol. The van der Waals surface area contributed by atoms with Gasteiger partial charge in [-0.05, 0) is 19.3 Å². The molecule has 2 N–H and O–H groups in total. The van der Waals surface area contributed by atoms with Crippen molar-refractivity contribution in [3.8, 4) is 6.07 Å². The highest BCUT2D eigenvalue weighted by molar-refractivity contribution is 5.30. The van der Waals surface area contributed by atoms with Crippen molar-refractivity contribution in [3.63, 3.8) is 0 Å². The molecule has 5 heteroatoms. The minimum Gasteiger partial charge on any atom is -0.393 e.